The lowest BCUT2D eigenvalue weighted by atomic mass is 10.1. The molecule has 1 N–H and O–H groups in total. The van der Waals surface area contributed by atoms with Crippen LogP contribution >= 0.6 is 11.3 Å². The summed E-state index contributed by atoms with van der Waals surface area (Å²) >= 11 is 0.963. The fourth-order valence-electron chi connectivity index (χ4n) is 2.59. The molecule has 0 saturated carbocycles. The second kappa shape index (κ2) is 9.97. The number of rotatable bonds is 9. The van der Waals surface area contributed by atoms with Crippen molar-refractivity contribution in [1.29, 1.82) is 0 Å². The van der Waals surface area contributed by atoms with Crippen molar-refractivity contribution in [3.8, 4) is 0 Å². The Morgan fingerprint density at radius 1 is 1.17 bits per heavy atom. The Kier molecular flexibility index (Phi) is 7.91. The molecule has 0 spiro atoms. The second-order valence-electron chi connectivity index (χ2n) is 6.23. The van der Waals surface area contributed by atoms with Gasteiger partial charge in [-0.25, -0.2) is 13.2 Å². The van der Waals surface area contributed by atoms with E-state index in [-0.39, 0.29) is 22.9 Å². The molecule has 0 fully saturated rings. The molecule has 1 aromatic heterocycles. The normalized spacial score (nSPS) is 11.5. The number of aryl methyl sites for hydroxylation is 1. The zero-order valence-corrected chi connectivity index (χ0v) is 18.4. The minimum atomic E-state index is -4.12. The van der Waals surface area contributed by atoms with Gasteiger partial charge in [0.15, 0.2) is 0 Å². The first-order valence-corrected chi connectivity index (χ1v) is 11.0. The van der Waals surface area contributed by atoms with Crippen LogP contribution in [-0.4, -0.2) is 58.5 Å². The molecule has 2 aromatic rings. The highest BCUT2D eigenvalue weighted by molar-refractivity contribution is 7.89. The second-order valence-corrected chi connectivity index (χ2v) is 9.06. The van der Waals surface area contributed by atoms with Crippen LogP contribution in [-0.2, 0) is 24.3 Å². The molecule has 0 atom stereocenters. The molecule has 1 aromatic carbocycles. The first-order chi connectivity index (χ1) is 13.7. The predicted molar refractivity (Wildman–Crippen MR) is 111 cm³/mol. The van der Waals surface area contributed by atoms with Gasteiger partial charge in [0.25, 0.3) is 0 Å². The number of carbonyl (C=O) groups is 2. The lowest BCUT2D eigenvalue weighted by Crippen LogP contribution is -2.40. The Hall–Kier alpha value is -2.27. The number of methoxy groups -OCH3 is 2. The average Bonchev–Trinajstić information content (AvgIpc) is 3.18. The number of thiophene rings is 1. The molecule has 0 unspecified atom stereocenters. The summed E-state index contributed by atoms with van der Waals surface area (Å²) in [5.74, 6) is -1.24. The van der Waals surface area contributed by atoms with E-state index in [4.69, 9.17) is 4.74 Å². The molecule has 29 heavy (non-hydrogen) atoms. The van der Waals surface area contributed by atoms with Gasteiger partial charge in [-0.3, -0.25) is 4.79 Å². The topological polar surface area (TPSA) is 102 Å². The van der Waals surface area contributed by atoms with Gasteiger partial charge in [0, 0.05) is 19.3 Å². The lowest BCUT2D eigenvalue weighted by molar-refractivity contribution is -0.116. The van der Waals surface area contributed by atoms with Gasteiger partial charge in [-0.05, 0) is 42.5 Å². The Morgan fingerprint density at radius 3 is 2.55 bits per heavy atom. The van der Waals surface area contributed by atoms with Crippen molar-refractivity contribution in [2.45, 2.75) is 18.7 Å². The molecule has 158 valence electrons. The number of nitrogens with zero attached hydrogens (tertiary/aromatic N) is 1. The molecular weight excluding hydrogens is 416 g/mol. The van der Waals surface area contributed by atoms with Gasteiger partial charge in [0.05, 0.1) is 20.3 Å². The third-order valence-corrected chi connectivity index (χ3v) is 7.27. The minimum absolute atomic E-state index is 0.0372. The number of nitrogens with one attached hydrogen (secondary N) is 1. The molecule has 0 radical (unpaired) electrons. The zero-order chi connectivity index (χ0) is 21.6. The quantitative estimate of drug-likeness (QED) is 0.601. The highest BCUT2D eigenvalue weighted by Gasteiger charge is 2.32. The summed E-state index contributed by atoms with van der Waals surface area (Å²) in [5.41, 5.74) is 2.52. The van der Waals surface area contributed by atoms with Crippen molar-refractivity contribution < 1.29 is 27.5 Å². The number of hydrogen-bond donors (Lipinski definition) is 1. The summed E-state index contributed by atoms with van der Waals surface area (Å²) in [6.07, 6.45) is 0. The zero-order valence-electron chi connectivity index (χ0n) is 16.7. The largest absolute Gasteiger partial charge is 0.465 e. The van der Waals surface area contributed by atoms with Crippen LogP contribution in [0.2, 0.25) is 0 Å². The first kappa shape index (κ1) is 23.0. The van der Waals surface area contributed by atoms with Gasteiger partial charge in [-0.15, -0.1) is 11.3 Å². The molecule has 0 saturated heterocycles. The van der Waals surface area contributed by atoms with Gasteiger partial charge < -0.3 is 14.8 Å². The van der Waals surface area contributed by atoms with Crippen LogP contribution in [0, 0.1) is 13.8 Å². The number of amides is 1. The Morgan fingerprint density at radius 2 is 1.90 bits per heavy atom. The van der Waals surface area contributed by atoms with Crippen molar-refractivity contribution in [3.63, 3.8) is 0 Å². The predicted octanol–water partition coefficient (Wildman–Crippen LogP) is 2.43. The summed E-state index contributed by atoms with van der Waals surface area (Å²) < 4.78 is 36.9. The Bertz CT molecular complexity index is 984. The molecule has 1 amide bonds. The standard InChI is InChI=1S/C19H24N2O6S2/c1-13-6-5-7-15(14(13)2)20-17(22)12-21(9-10-26-3)29(24,25)16-8-11-28-18(16)19(23)27-4/h5-8,11H,9-10,12H2,1-4H3,(H,20,22). The van der Waals surface area contributed by atoms with Crippen LogP contribution in [0.3, 0.4) is 0 Å². The van der Waals surface area contributed by atoms with E-state index in [1.807, 2.05) is 26.0 Å². The van der Waals surface area contributed by atoms with E-state index in [0.717, 1.165) is 26.8 Å². The Labute approximate surface area is 174 Å². The fraction of sp³-hybridized carbons (Fsp3) is 0.368. The average molecular weight is 441 g/mol. The van der Waals surface area contributed by atoms with Crippen molar-refractivity contribution in [2.75, 3.05) is 39.2 Å². The summed E-state index contributed by atoms with van der Waals surface area (Å²) in [6, 6.07) is 6.81. The minimum Gasteiger partial charge on any atom is -0.465 e. The van der Waals surface area contributed by atoms with Crippen molar-refractivity contribution in [2.24, 2.45) is 0 Å². The molecular formula is C19H24N2O6S2. The van der Waals surface area contributed by atoms with Gasteiger partial charge in [-0.2, -0.15) is 4.31 Å². The molecule has 8 nitrogen and oxygen atoms in total. The summed E-state index contributed by atoms with van der Waals surface area (Å²) in [6.45, 7) is 3.42. The van der Waals surface area contributed by atoms with E-state index in [0.29, 0.717) is 5.69 Å². The molecule has 2 rings (SSSR count). The highest BCUT2D eigenvalue weighted by Crippen LogP contribution is 2.26. The molecule has 0 bridgehead atoms. The maximum Gasteiger partial charge on any atom is 0.349 e. The van der Waals surface area contributed by atoms with Crippen molar-refractivity contribution in [1.82, 2.24) is 4.31 Å². The third-order valence-electron chi connectivity index (χ3n) is 4.36. The number of esters is 1. The first-order valence-electron chi connectivity index (χ1n) is 8.73. The van der Waals surface area contributed by atoms with Crippen LogP contribution in [0.25, 0.3) is 0 Å². The van der Waals surface area contributed by atoms with E-state index in [9.17, 15) is 18.0 Å². The number of carbonyl (C=O) groups excluding carboxylic acids is 2. The smallest absolute Gasteiger partial charge is 0.349 e. The maximum atomic E-state index is 13.1. The maximum absolute atomic E-state index is 13.1. The van der Waals surface area contributed by atoms with E-state index >= 15 is 0 Å². The molecule has 0 aliphatic carbocycles. The third kappa shape index (κ3) is 5.41. The van der Waals surface area contributed by atoms with E-state index < -0.39 is 28.4 Å². The summed E-state index contributed by atoms with van der Waals surface area (Å²) in [4.78, 5) is 24.3. The van der Waals surface area contributed by atoms with Gasteiger partial charge in [0.1, 0.15) is 9.77 Å². The van der Waals surface area contributed by atoms with E-state index in [2.05, 4.69) is 10.1 Å². The Balaban J connectivity index is 2.29. The van der Waals surface area contributed by atoms with Gasteiger partial charge in [-0.1, -0.05) is 12.1 Å². The van der Waals surface area contributed by atoms with Crippen LogP contribution in [0.4, 0.5) is 5.69 Å². The van der Waals surface area contributed by atoms with Crippen molar-refractivity contribution >= 4 is 38.9 Å². The van der Waals surface area contributed by atoms with Crippen LogP contribution in [0.1, 0.15) is 20.8 Å². The monoisotopic (exact) mass is 440 g/mol. The highest BCUT2D eigenvalue weighted by atomic mass is 32.2. The summed E-state index contributed by atoms with van der Waals surface area (Å²) in [5, 5.41) is 4.24. The van der Waals surface area contributed by atoms with Crippen LogP contribution < -0.4 is 5.32 Å². The number of hydrogen-bond acceptors (Lipinski definition) is 7. The molecule has 10 heteroatoms. The number of ether oxygens (including phenoxy) is 2. The lowest BCUT2D eigenvalue weighted by Gasteiger charge is -2.22. The number of anilines is 1. The fourth-order valence-corrected chi connectivity index (χ4v) is 5.28. The SMILES string of the molecule is COCCN(CC(=O)Nc1cccc(C)c1C)S(=O)(=O)c1ccsc1C(=O)OC. The molecule has 1 heterocycles. The van der Waals surface area contributed by atoms with Gasteiger partial charge in [0.2, 0.25) is 15.9 Å². The van der Waals surface area contributed by atoms with Crippen molar-refractivity contribution in [3.05, 3.63) is 45.6 Å². The molecule has 0 aliphatic rings. The summed E-state index contributed by atoms with van der Waals surface area (Å²) in [7, 11) is -1.50. The van der Waals surface area contributed by atoms with E-state index in [1.54, 1.807) is 6.07 Å². The van der Waals surface area contributed by atoms with Crippen LogP contribution in [0.15, 0.2) is 34.5 Å². The van der Waals surface area contributed by atoms with E-state index in [1.165, 1.54) is 25.7 Å². The van der Waals surface area contributed by atoms with Crippen LogP contribution in [0.5, 0.6) is 0 Å². The number of sulfonamides is 1. The number of benzene rings is 1. The molecule has 0 aliphatic heterocycles. The van der Waals surface area contributed by atoms with Gasteiger partial charge >= 0.3 is 5.97 Å².